The van der Waals surface area contributed by atoms with Gasteiger partial charge in [0.2, 0.25) is 0 Å². The lowest BCUT2D eigenvalue weighted by molar-refractivity contribution is 0.0548. The van der Waals surface area contributed by atoms with E-state index in [0.717, 1.165) is 22.4 Å². The van der Waals surface area contributed by atoms with Crippen LogP contribution in [0.2, 0.25) is 0 Å². The van der Waals surface area contributed by atoms with Gasteiger partial charge in [-0.25, -0.2) is 4.79 Å². The molecule has 0 atom stereocenters. The number of hydrogen-bond acceptors (Lipinski definition) is 5. The molecule has 2 aromatic carbocycles. The Bertz CT molecular complexity index is 1060. The van der Waals surface area contributed by atoms with Crippen LogP contribution in [0.4, 0.5) is 10.5 Å². The van der Waals surface area contributed by atoms with Crippen LogP contribution in [0.25, 0.3) is 11.1 Å². The molecule has 1 aliphatic heterocycles. The third-order valence-corrected chi connectivity index (χ3v) is 5.43. The number of Topliss-reactive ketones (excluding diaryl/α,β-unsaturated/α-hetero) is 1. The Morgan fingerprint density at radius 1 is 1.00 bits per heavy atom. The van der Waals surface area contributed by atoms with E-state index in [1.165, 1.54) is 0 Å². The number of urea groups is 1. The van der Waals surface area contributed by atoms with Gasteiger partial charge in [0.05, 0.1) is 19.8 Å². The second kappa shape index (κ2) is 10.2. The standard InChI is InChI=1S/C25H25N3O4/c29-18-24(30)20-8-6-19(7-9-20)17-28(25(31)27-11-13-32-14-12-27)23-5-1-3-21(15-23)22-4-2-10-26-16-22/h1-10,15-16,29H,11-14,17-18H2. The Hall–Kier alpha value is -3.55. The van der Waals surface area contributed by atoms with Gasteiger partial charge in [-0.1, -0.05) is 42.5 Å². The molecule has 0 unspecified atom stereocenters. The Morgan fingerprint density at radius 2 is 1.75 bits per heavy atom. The first-order valence-corrected chi connectivity index (χ1v) is 10.5. The van der Waals surface area contributed by atoms with Gasteiger partial charge in [-0.15, -0.1) is 0 Å². The van der Waals surface area contributed by atoms with Gasteiger partial charge in [0.15, 0.2) is 5.78 Å². The Balaban J connectivity index is 1.65. The predicted octanol–water partition coefficient (Wildman–Crippen LogP) is 3.38. The number of ketones is 1. The van der Waals surface area contributed by atoms with Crippen molar-refractivity contribution in [3.63, 3.8) is 0 Å². The first-order chi connectivity index (χ1) is 15.7. The predicted molar refractivity (Wildman–Crippen MR) is 122 cm³/mol. The van der Waals surface area contributed by atoms with Crippen LogP contribution in [0.3, 0.4) is 0 Å². The maximum Gasteiger partial charge on any atom is 0.324 e. The van der Waals surface area contributed by atoms with Crippen molar-refractivity contribution in [1.29, 1.82) is 0 Å². The number of aliphatic hydroxyl groups excluding tert-OH is 1. The van der Waals surface area contributed by atoms with Crippen LogP contribution >= 0.6 is 0 Å². The van der Waals surface area contributed by atoms with Crippen LogP contribution in [0.5, 0.6) is 0 Å². The molecular formula is C25H25N3O4. The number of ether oxygens (including phenoxy) is 1. The van der Waals surface area contributed by atoms with Gasteiger partial charge in [0, 0.05) is 42.3 Å². The zero-order valence-electron chi connectivity index (χ0n) is 17.7. The Kier molecular flexibility index (Phi) is 6.89. The number of hydrogen-bond donors (Lipinski definition) is 1. The smallest absolute Gasteiger partial charge is 0.324 e. The normalized spacial score (nSPS) is 13.6. The minimum atomic E-state index is -0.526. The highest BCUT2D eigenvalue weighted by molar-refractivity contribution is 5.97. The first-order valence-electron chi connectivity index (χ1n) is 10.5. The van der Waals surface area contributed by atoms with Crippen molar-refractivity contribution in [2.75, 3.05) is 37.8 Å². The second-order valence-electron chi connectivity index (χ2n) is 7.54. The lowest BCUT2D eigenvalue weighted by Gasteiger charge is -2.33. The topological polar surface area (TPSA) is 83.0 Å². The van der Waals surface area contributed by atoms with Gasteiger partial charge in [0.1, 0.15) is 6.61 Å². The second-order valence-corrected chi connectivity index (χ2v) is 7.54. The highest BCUT2D eigenvalue weighted by atomic mass is 16.5. The van der Waals surface area contributed by atoms with Crippen LogP contribution in [-0.4, -0.2) is 59.7 Å². The van der Waals surface area contributed by atoms with Gasteiger partial charge >= 0.3 is 6.03 Å². The van der Waals surface area contributed by atoms with E-state index in [4.69, 9.17) is 9.84 Å². The lowest BCUT2D eigenvalue weighted by atomic mass is 10.1. The summed E-state index contributed by atoms with van der Waals surface area (Å²) in [5, 5.41) is 9.07. The number of amides is 2. The highest BCUT2D eigenvalue weighted by Gasteiger charge is 2.25. The van der Waals surface area contributed by atoms with Crippen molar-refractivity contribution in [3.8, 4) is 11.1 Å². The third kappa shape index (κ3) is 5.01. The number of carbonyl (C=O) groups is 2. The molecule has 1 fully saturated rings. The van der Waals surface area contributed by atoms with E-state index in [-0.39, 0.29) is 11.8 Å². The van der Waals surface area contributed by atoms with Crippen LogP contribution in [0, 0.1) is 0 Å². The maximum absolute atomic E-state index is 13.5. The minimum Gasteiger partial charge on any atom is -0.388 e. The molecular weight excluding hydrogens is 406 g/mol. The number of morpholine rings is 1. The third-order valence-electron chi connectivity index (χ3n) is 5.43. The van der Waals surface area contributed by atoms with Crippen molar-refractivity contribution >= 4 is 17.5 Å². The lowest BCUT2D eigenvalue weighted by Crippen LogP contribution is -2.48. The van der Waals surface area contributed by atoms with Gasteiger partial charge in [0.25, 0.3) is 0 Å². The molecule has 1 aliphatic rings. The molecule has 0 spiro atoms. The number of carbonyl (C=O) groups excluding carboxylic acids is 2. The molecule has 2 heterocycles. The minimum absolute atomic E-state index is 0.0906. The van der Waals surface area contributed by atoms with Crippen molar-refractivity contribution in [1.82, 2.24) is 9.88 Å². The molecule has 3 aromatic rings. The fraction of sp³-hybridized carbons (Fsp3) is 0.240. The molecule has 164 valence electrons. The van der Waals surface area contributed by atoms with E-state index in [0.29, 0.717) is 38.4 Å². The molecule has 0 aliphatic carbocycles. The van der Waals surface area contributed by atoms with Crippen molar-refractivity contribution in [2.45, 2.75) is 6.54 Å². The molecule has 1 saturated heterocycles. The van der Waals surface area contributed by atoms with Crippen molar-refractivity contribution in [3.05, 3.63) is 84.2 Å². The summed E-state index contributed by atoms with van der Waals surface area (Å²) in [5.74, 6) is -0.332. The largest absolute Gasteiger partial charge is 0.388 e. The van der Waals surface area contributed by atoms with Gasteiger partial charge in [-0.05, 0) is 29.3 Å². The van der Waals surface area contributed by atoms with E-state index in [1.54, 1.807) is 34.3 Å². The Labute approximate surface area is 186 Å². The number of aliphatic hydroxyl groups is 1. The fourth-order valence-corrected chi connectivity index (χ4v) is 3.65. The van der Waals surface area contributed by atoms with Crippen LogP contribution < -0.4 is 4.90 Å². The molecule has 7 nitrogen and oxygen atoms in total. The summed E-state index contributed by atoms with van der Waals surface area (Å²) >= 11 is 0. The molecule has 1 N–H and O–H groups in total. The summed E-state index contributed by atoms with van der Waals surface area (Å²) in [6.45, 7) is 1.95. The molecule has 1 aromatic heterocycles. The first kappa shape index (κ1) is 21.7. The molecule has 7 heteroatoms. The zero-order chi connectivity index (χ0) is 22.3. The summed E-state index contributed by atoms with van der Waals surface area (Å²) in [6.07, 6.45) is 3.52. The van der Waals surface area contributed by atoms with Crippen LogP contribution in [-0.2, 0) is 11.3 Å². The van der Waals surface area contributed by atoms with Gasteiger partial charge in [-0.3, -0.25) is 14.7 Å². The van der Waals surface area contributed by atoms with E-state index in [1.807, 2.05) is 48.5 Å². The van der Waals surface area contributed by atoms with Crippen LogP contribution in [0.1, 0.15) is 15.9 Å². The quantitative estimate of drug-likeness (QED) is 0.605. The summed E-state index contributed by atoms with van der Waals surface area (Å²) in [5.41, 5.74) is 4.05. The number of nitrogens with zero attached hydrogens (tertiary/aromatic N) is 3. The van der Waals surface area contributed by atoms with Gasteiger partial charge in [-0.2, -0.15) is 0 Å². The molecule has 0 radical (unpaired) electrons. The monoisotopic (exact) mass is 431 g/mol. The molecule has 0 bridgehead atoms. The van der Waals surface area contributed by atoms with E-state index in [2.05, 4.69) is 4.98 Å². The molecule has 2 amide bonds. The summed E-state index contributed by atoms with van der Waals surface area (Å²) in [4.78, 5) is 32.9. The van der Waals surface area contributed by atoms with Gasteiger partial charge < -0.3 is 14.7 Å². The van der Waals surface area contributed by atoms with Crippen LogP contribution in [0.15, 0.2) is 73.1 Å². The van der Waals surface area contributed by atoms with Crippen molar-refractivity contribution in [2.24, 2.45) is 0 Å². The number of anilines is 1. The van der Waals surface area contributed by atoms with E-state index in [9.17, 15) is 9.59 Å². The zero-order valence-corrected chi connectivity index (χ0v) is 17.7. The van der Waals surface area contributed by atoms with Crippen molar-refractivity contribution < 1.29 is 19.4 Å². The molecule has 32 heavy (non-hydrogen) atoms. The molecule has 0 saturated carbocycles. The van der Waals surface area contributed by atoms with E-state index >= 15 is 0 Å². The Morgan fingerprint density at radius 3 is 2.44 bits per heavy atom. The fourth-order valence-electron chi connectivity index (χ4n) is 3.65. The summed E-state index contributed by atoms with van der Waals surface area (Å²) in [6, 6.07) is 18.6. The average Bonchev–Trinajstić information content (AvgIpc) is 2.88. The SMILES string of the molecule is O=C(CO)c1ccc(CN(C(=O)N2CCOCC2)c2cccc(-c3cccnc3)c2)cc1. The number of rotatable bonds is 6. The number of aromatic nitrogens is 1. The summed E-state index contributed by atoms with van der Waals surface area (Å²) < 4.78 is 5.41. The average molecular weight is 431 g/mol. The number of pyridine rings is 1. The highest BCUT2D eigenvalue weighted by Crippen LogP contribution is 2.26. The molecule has 4 rings (SSSR count). The summed E-state index contributed by atoms with van der Waals surface area (Å²) in [7, 11) is 0. The maximum atomic E-state index is 13.5. The van der Waals surface area contributed by atoms with E-state index < -0.39 is 6.61 Å². The number of benzene rings is 2.